The van der Waals surface area contributed by atoms with Gasteiger partial charge >= 0.3 is 0 Å². The number of anilines is 1. The van der Waals surface area contributed by atoms with E-state index in [4.69, 9.17) is 4.98 Å². The number of benzene rings is 5. The molecule has 0 unspecified atom stereocenters. The van der Waals surface area contributed by atoms with Crippen LogP contribution >= 0.6 is 0 Å². The lowest BCUT2D eigenvalue weighted by molar-refractivity contribution is 0.102. The molecular formula is C35H26FN3O2. The molecule has 6 aromatic rings. The summed E-state index contributed by atoms with van der Waals surface area (Å²) in [5, 5.41) is 3.08. The second-order valence-electron chi connectivity index (χ2n) is 9.81. The summed E-state index contributed by atoms with van der Waals surface area (Å²) in [4.78, 5) is 31.5. The summed E-state index contributed by atoms with van der Waals surface area (Å²) in [6, 6.07) is 38.9. The van der Waals surface area contributed by atoms with Gasteiger partial charge in [0, 0.05) is 12.1 Å². The van der Waals surface area contributed by atoms with Crippen molar-refractivity contribution in [2.75, 3.05) is 5.32 Å². The molecule has 41 heavy (non-hydrogen) atoms. The molecule has 0 aliphatic carbocycles. The average molecular weight is 540 g/mol. The van der Waals surface area contributed by atoms with Crippen molar-refractivity contribution in [3.63, 3.8) is 0 Å². The fourth-order valence-electron chi connectivity index (χ4n) is 4.88. The van der Waals surface area contributed by atoms with E-state index in [9.17, 15) is 14.0 Å². The lowest BCUT2D eigenvalue weighted by Gasteiger charge is -2.15. The first-order valence-electron chi connectivity index (χ1n) is 13.3. The van der Waals surface area contributed by atoms with Crippen molar-refractivity contribution in [2.45, 2.75) is 13.0 Å². The van der Waals surface area contributed by atoms with Gasteiger partial charge in [0.1, 0.15) is 11.6 Å². The SMILES string of the molecule is O=C(Nc1ccc2nc(Cc3ccccc3)n(Cc3ccc(-c4ccccc4)cc3)c(=O)c2c1)c1ccccc1F. The highest BCUT2D eigenvalue weighted by molar-refractivity contribution is 6.05. The smallest absolute Gasteiger partial charge is 0.261 e. The zero-order chi connectivity index (χ0) is 28.2. The van der Waals surface area contributed by atoms with Gasteiger partial charge in [-0.3, -0.25) is 14.2 Å². The molecule has 5 nitrogen and oxygen atoms in total. The van der Waals surface area contributed by atoms with Gasteiger partial charge in [-0.1, -0.05) is 97.1 Å². The van der Waals surface area contributed by atoms with Gasteiger partial charge in [0.25, 0.3) is 11.5 Å². The summed E-state index contributed by atoms with van der Waals surface area (Å²) >= 11 is 0. The van der Waals surface area contributed by atoms with E-state index in [1.807, 2.05) is 60.7 Å². The van der Waals surface area contributed by atoms with Crippen LogP contribution in [0.25, 0.3) is 22.0 Å². The first-order chi connectivity index (χ1) is 20.0. The third kappa shape index (κ3) is 5.68. The molecule has 0 spiro atoms. The van der Waals surface area contributed by atoms with Crippen LogP contribution in [0.5, 0.6) is 0 Å². The Kier molecular flexibility index (Phi) is 7.20. The Morgan fingerprint density at radius 3 is 2.12 bits per heavy atom. The second kappa shape index (κ2) is 11.4. The topological polar surface area (TPSA) is 64.0 Å². The van der Waals surface area contributed by atoms with Crippen molar-refractivity contribution >= 4 is 22.5 Å². The molecule has 5 aromatic carbocycles. The minimum atomic E-state index is -0.612. The monoisotopic (exact) mass is 539 g/mol. The molecule has 0 saturated heterocycles. The molecule has 0 aliphatic rings. The van der Waals surface area contributed by atoms with E-state index in [2.05, 4.69) is 29.6 Å². The predicted octanol–water partition coefficient (Wildman–Crippen LogP) is 7.09. The highest BCUT2D eigenvalue weighted by Crippen LogP contribution is 2.22. The molecule has 0 fully saturated rings. The molecule has 1 heterocycles. The van der Waals surface area contributed by atoms with Crippen LogP contribution in [0.4, 0.5) is 10.1 Å². The first kappa shape index (κ1) is 25.9. The Morgan fingerprint density at radius 2 is 1.39 bits per heavy atom. The molecule has 6 rings (SSSR count). The number of hydrogen-bond acceptors (Lipinski definition) is 3. The normalized spacial score (nSPS) is 11.0. The number of halogens is 1. The van der Waals surface area contributed by atoms with E-state index < -0.39 is 11.7 Å². The summed E-state index contributed by atoms with van der Waals surface area (Å²) in [5.41, 5.74) is 4.86. The van der Waals surface area contributed by atoms with Crippen molar-refractivity contribution < 1.29 is 9.18 Å². The summed E-state index contributed by atoms with van der Waals surface area (Å²) < 4.78 is 15.8. The van der Waals surface area contributed by atoms with Gasteiger partial charge in [-0.2, -0.15) is 0 Å². The standard InChI is InChI=1S/C35H26FN3O2/c36-31-14-8-7-13-29(31)34(40)37-28-19-20-32-30(22-28)35(41)39(33(38-32)21-24-9-3-1-4-10-24)23-25-15-17-27(18-16-25)26-11-5-2-6-12-26/h1-20,22H,21,23H2,(H,37,40). The molecule has 1 amide bonds. The van der Waals surface area contributed by atoms with Crippen molar-refractivity contribution in [1.29, 1.82) is 0 Å². The zero-order valence-corrected chi connectivity index (χ0v) is 22.1. The third-order valence-corrected chi connectivity index (χ3v) is 7.02. The van der Waals surface area contributed by atoms with Crippen LogP contribution in [0.1, 0.15) is 27.3 Å². The van der Waals surface area contributed by atoms with Gasteiger partial charge in [-0.05, 0) is 52.6 Å². The van der Waals surface area contributed by atoms with Gasteiger partial charge < -0.3 is 5.32 Å². The Hall–Kier alpha value is -5.36. The molecule has 6 heteroatoms. The second-order valence-corrected chi connectivity index (χ2v) is 9.81. The van der Waals surface area contributed by atoms with Crippen molar-refractivity contribution in [3.05, 3.63) is 166 Å². The molecule has 1 aromatic heterocycles. The quantitative estimate of drug-likeness (QED) is 0.236. The van der Waals surface area contributed by atoms with Crippen molar-refractivity contribution in [1.82, 2.24) is 9.55 Å². The third-order valence-electron chi connectivity index (χ3n) is 7.02. The number of amides is 1. The Morgan fingerprint density at radius 1 is 0.732 bits per heavy atom. The Balaban J connectivity index is 1.37. The molecule has 200 valence electrons. The van der Waals surface area contributed by atoms with Crippen LogP contribution in [0.15, 0.2) is 132 Å². The summed E-state index contributed by atoms with van der Waals surface area (Å²) in [7, 11) is 0. The van der Waals surface area contributed by atoms with Gasteiger partial charge in [-0.25, -0.2) is 9.37 Å². The summed E-state index contributed by atoms with van der Waals surface area (Å²) in [5.74, 6) is -0.558. The van der Waals surface area contributed by atoms with E-state index in [0.29, 0.717) is 35.4 Å². The van der Waals surface area contributed by atoms with E-state index in [0.717, 1.165) is 22.3 Å². The van der Waals surface area contributed by atoms with Crippen LogP contribution < -0.4 is 10.9 Å². The fourth-order valence-corrected chi connectivity index (χ4v) is 4.88. The maximum Gasteiger partial charge on any atom is 0.261 e. The minimum absolute atomic E-state index is 0.0692. The Labute approximate surface area is 236 Å². The number of aromatic nitrogens is 2. The van der Waals surface area contributed by atoms with Gasteiger partial charge in [-0.15, -0.1) is 0 Å². The Bertz CT molecular complexity index is 1900. The summed E-state index contributed by atoms with van der Waals surface area (Å²) in [6.45, 7) is 0.338. The maximum absolute atomic E-state index is 14.1. The number of hydrogen-bond donors (Lipinski definition) is 1. The maximum atomic E-state index is 14.1. The minimum Gasteiger partial charge on any atom is -0.322 e. The fraction of sp³-hybridized carbons (Fsp3) is 0.0571. The number of nitrogens with zero attached hydrogens (tertiary/aromatic N) is 2. The van der Waals surface area contributed by atoms with E-state index in [1.54, 1.807) is 28.8 Å². The average Bonchev–Trinajstić information content (AvgIpc) is 3.01. The largest absolute Gasteiger partial charge is 0.322 e. The van der Waals surface area contributed by atoms with Crippen LogP contribution in [0.3, 0.4) is 0 Å². The lowest BCUT2D eigenvalue weighted by atomic mass is 10.0. The molecule has 0 aliphatic heterocycles. The number of nitrogens with one attached hydrogen (secondary N) is 1. The van der Waals surface area contributed by atoms with Gasteiger partial charge in [0.2, 0.25) is 0 Å². The first-order valence-corrected chi connectivity index (χ1v) is 13.3. The van der Waals surface area contributed by atoms with Crippen molar-refractivity contribution in [3.8, 4) is 11.1 Å². The highest BCUT2D eigenvalue weighted by atomic mass is 19.1. The van der Waals surface area contributed by atoms with Crippen LogP contribution in [0.2, 0.25) is 0 Å². The molecule has 0 bridgehead atoms. The predicted molar refractivity (Wildman–Crippen MR) is 161 cm³/mol. The number of carbonyl (C=O) groups excluding carboxylic acids is 1. The van der Waals surface area contributed by atoms with Gasteiger partial charge in [0.05, 0.1) is 23.0 Å². The molecule has 0 atom stereocenters. The van der Waals surface area contributed by atoms with Crippen molar-refractivity contribution in [2.24, 2.45) is 0 Å². The van der Waals surface area contributed by atoms with E-state index in [-0.39, 0.29) is 11.1 Å². The number of rotatable bonds is 7. The van der Waals surface area contributed by atoms with Gasteiger partial charge in [0.15, 0.2) is 0 Å². The highest BCUT2D eigenvalue weighted by Gasteiger charge is 2.15. The lowest BCUT2D eigenvalue weighted by Crippen LogP contribution is -2.26. The molecule has 0 saturated carbocycles. The number of carbonyl (C=O) groups is 1. The molecule has 0 radical (unpaired) electrons. The van der Waals surface area contributed by atoms with Crippen LogP contribution in [-0.2, 0) is 13.0 Å². The molecular weight excluding hydrogens is 513 g/mol. The van der Waals surface area contributed by atoms with Crippen LogP contribution in [0, 0.1) is 5.82 Å². The van der Waals surface area contributed by atoms with Crippen LogP contribution in [-0.4, -0.2) is 15.5 Å². The van der Waals surface area contributed by atoms with E-state index in [1.165, 1.54) is 18.2 Å². The van der Waals surface area contributed by atoms with E-state index >= 15 is 0 Å². The molecule has 1 N–H and O–H groups in total. The number of fused-ring (bicyclic) bond motifs is 1. The zero-order valence-electron chi connectivity index (χ0n) is 22.1. The summed E-state index contributed by atoms with van der Waals surface area (Å²) in [6.07, 6.45) is 0.486.